The fourth-order valence-electron chi connectivity index (χ4n) is 3.58. The van der Waals surface area contributed by atoms with Crippen LogP contribution in [0.5, 0.6) is 5.75 Å². The molecule has 0 saturated carbocycles. The summed E-state index contributed by atoms with van der Waals surface area (Å²) in [4.78, 5) is 13.1. The lowest BCUT2D eigenvalue weighted by molar-refractivity contribution is -0.274. The molecule has 168 valence electrons. The van der Waals surface area contributed by atoms with Crippen molar-refractivity contribution in [2.45, 2.75) is 37.3 Å². The molecule has 0 radical (unpaired) electrons. The number of amides is 1. The maximum Gasteiger partial charge on any atom is 0.573 e. The van der Waals surface area contributed by atoms with Crippen LogP contribution in [0.3, 0.4) is 0 Å². The number of ether oxygens (including phenoxy) is 2. The summed E-state index contributed by atoms with van der Waals surface area (Å²) < 4.78 is 86.6. The summed E-state index contributed by atoms with van der Waals surface area (Å²) in [5.41, 5.74) is -1.91. The Kier molecular flexibility index (Phi) is 6.49. The molecule has 1 fully saturated rings. The van der Waals surface area contributed by atoms with Gasteiger partial charge in [-0.15, -0.1) is 13.2 Å². The van der Waals surface area contributed by atoms with E-state index in [0.717, 1.165) is 18.2 Å². The van der Waals surface area contributed by atoms with E-state index in [1.54, 1.807) is 0 Å². The minimum absolute atomic E-state index is 0.0828. The largest absolute Gasteiger partial charge is 0.573 e. The number of halogens is 6. The average Bonchev–Trinajstić information content (AvgIpc) is 2.72. The Hall–Kier alpha value is -2.75. The summed E-state index contributed by atoms with van der Waals surface area (Å²) in [6.45, 7) is 0.0432. The summed E-state index contributed by atoms with van der Waals surface area (Å²) in [7, 11) is 0. The van der Waals surface area contributed by atoms with Gasteiger partial charge < -0.3 is 14.8 Å². The van der Waals surface area contributed by atoms with E-state index in [1.807, 2.05) is 0 Å². The zero-order valence-electron chi connectivity index (χ0n) is 16.1. The van der Waals surface area contributed by atoms with Crippen LogP contribution in [0.2, 0.25) is 0 Å². The van der Waals surface area contributed by atoms with Crippen LogP contribution in [-0.4, -0.2) is 25.5 Å². The number of hydrogen-bond donors (Lipinski definition) is 1. The molecule has 2 aromatic carbocycles. The Labute approximate surface area is 174 Å². The molecule has 1 saturated heterocycles. The van der Waals surface area contributed by atoms with Crippen LogP contribution in [0.15, 0.2) is 48.5 Å². The normalized spacial score (nSPS) is 16.6. The van der Waals surface area contributed by atoms with Gasteiger partial charge in [-0.25, -0.2) is 0 Å². The molecule has 2 aromatic rings. The van der Waals surface area contributed by atoms with E-state index in [2.05, 4.69) is 10.1 Å². The predicted octanol–water partition coefficient (Wildman–Crippen LogP) is 4.97. The maximum atomic E-state index is 13.2. The third kappa shape index (κ3) is 5.49. The Bertz CT molecular complexity index is 920. The lowest BCUT2D eigenvalue weighted by atomic mass is 9.73. The Balaban J connectivity index is 1.86. The summed E-state index contributed by atoms with van der Waals surface area (Å²) >= 11 is 0. The molecule has 0 aliphatic carbocycles. The van der Waals surface area contributed by atoms with Crippen LogP contribution in [0.25, 0.3) is 0 Å². The quantitative estimate of drug-likeness (QED) is 0.659. The van der Waals surface area contributed by atoms with E-state index in [1.165, 1.54) is 30.3 Å². The summed E-state index contributed by atoms with van der Waals surface area (Å²) in [5.74, 6) is -1.05. The Morgan fingerprint density at radius 1 is 1.00 bits per heavy atom. The van der Waals surface area contributed by atoms with Crippen molar-refractivity contribution in [3.63, 3.8) is 0 Å². The fraction of sp³-hybridized carbons (Fsp3) is 0.381. The van der Waals surface area contributed by atoms with E-state index < -0.39 is 35.2 Å². The van der Waals surface area contributed by atoms with Crippen molar-refractivity contribution < 1.29 is 40.6 Å². The minimum atomic E-state index is -4.90. The standard InChI is InChI=1S/C21H19F6NO3/c22-20(23,24)16-6-3-5-15(12-16)19(8-10-30-11-9-19)18(29)28-13-14-4-1-2-7-17(14)31-21(25,26)27/h1-7,12H,8-11,13H2,(H,28,29). The van der Waals surface area contributed by atoms with Crippen molar-refractivity contribution in [1.82, 2.24) is 5.32 Å². The Morgan fingerprint density at radius 2 is 1.68 bits per heavy atom. The van der Waals surface area contributed by atoms with E-state index in [9.17, 15) is 31.1 Å². The summed E-state index contributed by atoms with van der Waals surface area (Å²) in [5, 5.41) is 2.57. The second-order valence-electron chi connectivity index (χ2n) is 7.11. The first kappa shape index (κ1) is 22.9. The molecular weight excluding hydrogens is 428 g/mol. The molecule has 0 bridgehead atoms. The number of hydrogen-bond acceptors (Lipinski definition) is 3. The van der Waals surface area contributed by atoms with Gasteiger partial charge in [0, 0.05) is 25.3 Å². The van der Waals surface area contributed by atoms with Crippen LogP contribution < -0.4 is 10.1 Å². The van der Waals surface area contributed by atoms with Crippen molar-refractivity contribution in [2.24, 2.45) is 0 Å². The van der Waals surface area contributed by atoms with Gasteiger partial charge in [-0.05, 0) is 30.5 Å². The van der Waals surface area contributed by atoms with Gasteiger partial charge in [0.25, 0.3) is 0 Å². The lowest BCUT2D eigenvalue weighted by Gasteiger charge is -2.36. The van der Waals surface area contributed by atoms with Crippen molar-refractivity contribution in [1.29, 1.82) is 0 Å². The van der Waals surface area contributed by atoms with Gasteiger partial charge >= 0.3 is 12.5 Å². The van der Waals surface area contributed by atoms with Crippen LogP contribution in [0.4, 0.5) is 26.3 Å². The second kappa shape index (κ2) is 8.78. The molecule has 0 aromatic heterocycles. The average molecular weight is 447 g/mol. The monoisotopic (exact) mass is 447 g/mol. The predicted molar refractivity (Wildman–Crippen MR) is 98.1 cm³/mol. The van der Waals surface area contributed by atoms with Crippen molar-refractivity contribution in [2.75, 3.05) is 13.2 Å². The van der Waals surface area contributed by atoms with Crippen LogP contribution in [-0.2, 0) is 27.7 Å². The lowest BCUT2D eigenvalue weighted by Crippen LogP contribution is -2.48. The first-order valence-corrected chi connectivity index (χ1v) is 9.39. The molecule has 0 atom stereocenters. The van der Waals surface area contributed by atoms with Gasteiger partial charge in [0.15, 0.2) is 0 Å². The number of para-hydroxylation sites is 1. The molecule has 1 amide bonds. The molecule has 1 N–H and O–H groups in total. The number of benzene rings is 2. The maximum absolute atomic E-state index is 13.2. The molecule has 1 heterocycles. The van der Waals surface area contributed by atoms with Crippen molar-refractivity contribution in [3.8, 4) is 5.75 Å². The third-order valence-corrected chi connectivity index (χ3v) is 5.16. The molecule has 3 rings (SSSR count). The fourth-order valence-corrected chi connectivity index (χ4v) is 3.58. The molecule has 10 heteroatoms. The van der Waals surface area contributed by atoms with Crippen LogP contribution in [0, 0.1) is 0 Å². The van der Waals surface area contributed by atoms with E-state index >= 15 is 0 Å². The number of nitrogens with one attached hydrogen (secondary N) is 1. The van der Waals surface area contributed by atoms with Gasteiger partial charge in [-0.1, -0.05) is 36.4 Å². The number of carbonyl (C=O) groups is 1. The molecule has 4 nitrogen and oxygen atoms in total. The van der Waals surface area contributed by atoms with Crippen molar-refractivity contribution >= 4 is 5.91 Å². The topological polar surface area (TPSA) is 47.6 Å². The summed E-state index contributed by atoms with van der Waals surface area (Å²) in [6, 6.07) is 9.85. The van der Waals surface area contributed by atoms with E-state index in [4.69, 9.17) is 4.74 Å². The number of carbonyl (C=O) groups excluding carboxylic acids is 1. The highest BCUT2D eigenvalue weighted by Crippen LogP contribution is 2.38. The van der Waals surface area contributed by atoms with Gasteiger partial charge in [-0.3, -0.25) is 4.79 Å². The highest BCUT2D eigenvalue weighted by Gasteiger charge is 2.43. The summed E-state index contributed by atoms with van der Waals surface area (Å²) in [6.07, 6.45) is -9.20. The second-order valence-corrected chi connectivity index (χ2v) is 7.11. The van der Waals surface area contributed by atoms with E-state index in [0.29, 0.717) is 0 Å². The van der Waals surface area contributed by atoms with E-state index in [-0.39, 0.29) is 43.7 Å². The third-order valence-electron chi connectivity index (χ3n) is 5.16. The smallest absolute Gasteiger partial charge is 0.405 e. The van der Waals surface area contributed by atoms with Crippen LogP contribution in [0.1, 0.15) is 29.5 Å². The first-order valence-electron chi connectivity index (χ1n) is 9.39. The highest BCUT2D eigenvalue weighted by molar-refractivity contribution is 5.88. The molecule has 31 heavy (non-hydrogen) atoms. The molecule has 0 unspecified atom stereocenters. The zero-order chi connectivity index (χ0) is 22.7. The van der Waals surface area contributed by atoms with Gasteiger partial charge in [0.1, 0.15) is 5.75 Å². The van der Waals surface area contributed by atoms with Crippen LogP contribution >= 0.6 is 0 Å². The molecule has 1 aliphatic heterocycles. The van der Waals surface area contributed by atoms with Crippen molar-refractivity contribution in [3.05, 3.63) is 65.2 Å². The molecule has 0 spiro atoms. The molecule has 1 aliphatic rings. The Morgan fingerprint density at radius 3 is 2.32 bits per heavy atom. The van der Waals surface area contributed by atoms with Gasteiger partial charge in [-0.2, -0.15) is 13.2 Å². The SMILES string of the molecule is O=C(NCc1ccccc1OC(F)(F)F)C1(c2cccc(C(F)(F)F)c2)CCOCC1. The zero-order valence-corrected chi connectivity index (χ0v) is 16.1. The number of rotatable bonds is 5. The molecular formula is C21H19F6NO3. The number of alkyl halides is 6. The van der Waals surface area contributed by atoms with Gasteiger partial charge in [0.05, 0.1) is 11.0 Å². The van der Waals surface area contributed by atoms with Gasteiger partial charge in [0.2, 0.25) is 5.91 Å². The first-order chi connectivity index (χ1) is 14.5. The highest BCUT2D eigenvalue weighted by atomic mass is 19.4. The minimum Gasteiger partial charge on any atom is -0.405 e.